The van der Waals surface area contributed by atoms with Crippen molar-refractivity contribution in [2.75, 3.05) is 13.7 Å². The van der Waals surface area contributed by atoms with Crippen LogP contribution in [0.15, 0.2) is 41.3 Å². The number of fused-ring (bicyclic) bond motifs is 1. The van der Waals surface area contributed by atoms with Crippen LogP contribution in [0, 0.1) is 5.82 Å². The van der Waals surface area contributed by atoms with Gasteiger partial charge in [0.25, 0.3) is 12.0 Å². The number of likely N-dealkylation sites (tertiary alicyclic amines) is 1. The number of nitrogens with zero attached hydrogens (tertiary/aromatic N) is 3. The number of halogens is 3. The number of rotatable bonds is 6. The molecule has 1 fully saturated rings. The van der Waals surface area contributed by atoms with E-state index in [9.17, 15) is 22.8 Å². The van der Waals surface area contributed by atoms with Gasteiger partial charge in [0, 0.05) is 45.6 Å². The monoisotopic (exact) mass is 515 g/mol. The zero-order valence-electron chi connectivity index (χ0n) is 21.9. The standard InChI is InChI=1S/C28H32F3N3O3/c1-16(19-8-7-9-20(23(19)29)24(30)31)14-18-10-12-32-25-21(18)15-22(26(36)33(25)5)28(37-6)11-13-34(17(2)35)27(28,3)4/h7-10,12,15-16,24H,11,13-14H2,1-6H3/t16-,28?/m0/s1. The summed E-state index contributed by atoms with van der Waals surface area (Å²) in [6, 6.07) is 7.62. The minimum absolute atomic E-state index is 0.106. The molecule has 1 aliphatic heterocycles. The zero-order valence-corrected chi connectivity index (χ0v) is 21.9. The van der Waals surface area contributed by atoms with Crippen molar-refractivity contribution < 1.29 is 22.7 Å². The largest absolute Gasteiger partial charge is 0.371 e. The van der Waals surface area contributed by atoms with Crippen LogP contribution in [0.4, 0.5) is 13.2 Å². The maximum Gasteiger partial charge on any atom is 0.266 e. The van der Waals surface area contributed by atoms with Crippen LogP contribution in [0.5, 0.6) is 0 Å². The number of alkyl halides is 2. The molecule has 3 heterocycles. The van der Waals surface area contributed by atoms with Gasteiger partial charge in [-0.1, -0.05) is 25.1 Å². The van der Waals surface area contributed by atoms with E-state index in [2.05, 4.69) is 4.98 Å². The van der Waals surface area contributed by atoms with E-state index < -0.39 is 34.9 Å². The summed E-state index contributed by atoms with van der Waals surface area (Å²) in [7, 11) is 3.17. The average Bonchev–Trinajstić information content (AvgIpc) is 3.12. The van der Waals surface area contributed by atoms with Crippen molar-refractivity contribution in [3.8, 4) is 0 Å². The molecular formula is C28H32F3N3O3. The second-order valence-electron chi connectivity index (χ2n) is 10.3. The number of carbonyl (C=O) groups is 1. The third kappa shape index (κ3) is 4.13. The Labute approximate surface area is 214 Å². The normalized spacial score (nSPS) is 20.1. The van der Waals surface area contributed by atoms with Gasteiger partial charge in [0.15, 0.2) is 0 Å². The summed E-state index contributed by atoms with van der Waals surface area (Å²) in [5.74, 6) is -1.42. The van der Waals surface area contributed by atoms with Crippen LogP contribution >= 0.6 is 0 Å². The molecule has 0 radical (unpaired) electrons. The first-order valence-corrected chi connectivity index (χ1v) is 12.2. The molecule has 1 amide bonds. The second kappa shape index (κ2) is 9.59. The summed E-state index contributed by atoms with van der Waals surface area (Å²) in [5.41, 5.74) is -0.899. The first-order chi connectivity index (χ1) is 17.4. The summed E-state index contributed by atoms with van der Waals surface area (Å²) in [6.07, 6.45) is -0.545. The molecule has 0 saturated carbocycles. The number of ether oxygens (including phenoxy) is 1. The van der Waals surface area contributed by atoms with E-state index in [0.29, 0.717) is 36.0 Å². The quantitative estimate of drug-likeness (QED) is 0.451. The van der Waals surface area contributed by atoms with Crippen LogP contribution < -0.4 is 5.56 Å². The van der Waals surface area contributed by atoms with Gasteiger partial charge in [-0.3, -0.25) is 14.2 Å². The molecule has 2 atom stereocenters. The number of hydrogen-bond acceptors (Lipinski definition) is 4. The number of benzene rings is 1. The van der Waals surface area contributed by atoms with Crippen molar-refractivity contribution in [1.29, 1.82) is 0 Å². The molecule has 0 bridgehead atoms. The van der Waals surface area contributed by atoms with Gasteiger partial charge >= 0.3 is 0 Å². The SMILES string of the molecule is COC1(c2cc3c(C[C@H](C)c4cccc(C(F)F)c4F)ccnc3n(C)c2=O)CCN(C(C)=O)C1(C)C. The molecule has 1 saturated heterocycles. The van der Waals surface area contributed by atoms with Crippen LogP contribution in [0.3, 0.4) is 0 Å². The lowest BCUT2D eigenvalue weighted by atomic mass is 9.77. The van der Waals surface area contributed by atoms with Crippen molar-refractivity contribution in [2.24, 2.45) is 7.05 Å². The smallest absolute Gasteiger partial charge is 0.266 e. The number of hydrogen-bond donors (Lipinski definition) is 0. The molecule has 0 N–H and O–H groups in total. The van der Waals surface area contributed by atoms with Gasteiger partial charge in [0.05, 0.1) is 16.7 Å². The molecule has 1 aliphatic rings. The molecule has 6 nitrogen and oxygen atoms in total. The second-order valence-corrected chi connectivity index (χ2v) is 10.3. The molecule has 1 unspecified atom stereocenters. The molecular weight excluding hydrogens is 483 g/mol. The van der Waals surface area contributed by atoms with Gasteiger partial charge in [-0.25, -0.2) is 18.2 Å². The Bertz CT molecular complexity index is 1420. The Kier molecular flexibility index (Phi) is 6.96. The molecule has 37 heavy (non-hydrogen) atoms. The summed E-state index contributed by atoms with van der Waals surface area (Å²) < 4.78 is 48.9. The highest BCUT2D eigenvalue weighted by molar-refractivity contribution is 5.80. The first kappa shape index (κ1) is 26.9. The molecule has 0 aliphatic carbocycles. The maximum absolute atomic E-state index is 14.9. The first-order valence-electron chi connectivity index (χ1n) is 12.2. The predicted molar refractivity (Wildman–Crippen MR) is 135 cm³/mol. The molecule has 198 valence electrons. The summed E-state index contributed by atoms with van der Waals surface area (Å²) >= 11 is 0. The lowest BCUT2D eigenvalue weighted by Gasteiger charge is -2.43. The Morgan fingerprint density at radius 1 is 1.22 bits per heavy atom. The van der Waals surface area contributed by atoms with Crippen LogP contribution in [0.1, 0.15) is 68.7 Å². The molecule has 2 aromatic heterocycles. The van der Waals surface area contributed by atoms with Crippen molar-refractivity contribution in [2.45, 2.75) is 64.0 Å². The van der Waals surface area contributed by atoms with E-state index in [-0.39, 0.29) is 17.0 Å². The fourth-order valence-corrected chi connectivity index (χ4v) is 5.98. The maximum atomic E-state index is 14.9. The number of methoxy groups -OCH3 is 1. The molecule has 0 spiro atoms. The van der Waals surface area contributed by atoms with Gasteiger partial charge in [-0.2, -0.15) is 0 Å². The summed E-state index contributed by atoms with van der Waals surface area (Å²) in [5, 5.41) is 0.686. The molecule has 4 rings (SSSR count). The minimum Gasteiger partial charge on any atom is -0.371 e. The Balaban J connectivity index is 1.86. The van der Waals surface area contributed by atoms with E-state index in [1.807, 2.05) is 13.8 Å². The van der Waals surface area contributed by atoms with E-state index in [4.69, 9.17) is 4.74 Å². The zero-order chi connectivity index (χ0) is 27.3. The fraction of sp³-hybridized carbons (Fsp3) is 0.464. The van der Waals surface area contributed by atoms with E-state index in [1.165, 1.54) is 23.6 Å². The fourth-order valence-electron chi connectivity index (χ4n) is 5.98. The number of aromatic nitrogens is 2. The van der Waals surface area contributed by atoms with Crippen molar-refractivity contribution in [1.82, 2.24) is 14.5 Å². The van der Waals surface area contributed by atoms with E-state index in [0.717, 1.165) is 11.6 Å². The number of pyridine rings is 2. The molecule has 9 heteroatoms. The topological polar surface area (TPSA) is 64.4 Å². The highest BCUT2D eigenvalue weighted by Gasteiger charge is 2.57. The third-order valence-electron chi connectivity index (χ3n) is 8.07. The third-order valence-corrected chi connectivity index (χ3v) is 8.07. The van der Waals surface area contributed by atoms with Gasteiger partial charge in [-0.05, 0) is 49.4 Å². The van der Waals surface area contributed by atoms with Crippen LogP contribution in [-0.4, -0.2) is 39.6 Å². The highest BCUT2D eigenvalue weighted by Crippen LogP contribution is 2.47. The van der Waals surface area contributed by atoms with Gasteiger partial charge in [0.2, 0.25) is 5.91 Å². The summed E-state index contributed by atoms with van der Waals surface area (Å²) in [6.45, 7) is 7.50. The van der Waals surface area contributed by atoms with E-state index in [1.54, 1.807) is 44.3 Å². The molecule has 1 aromatic carbocycles. The highest BCUT2D eigenvalue weighted by atomic mass is 19.3. The molecule has 3 aromatic rings. The Morgan fingerprint density at radius 3 is 2.49 bits per heavy atom. The van der Waals surface area contributed by atoms with Crippen molar-refractivity contribution in [3.63, 3.8) is 0 Å². The van der Waals surface area contributed by atoms with Crippen molar-refractivity contribution >= 4 is 16.9 Å². The summed E-state index contributed by atoms with van der Waals surface area (Å²) in [4.78, 5) is 32.1. The lowest BCUT2D eigenvalue weighted by Crippen LogP contribution is -2.56. The average molecular weight is 516 g/mol. The van der Waals surface area contributed by atoms with Crippen LogP contribution in [0.2, 0.25) is 0 Å². The van der Waals surface area contributed by atoms with Gasteiger partial charge in [-0.15, -0.1) is 0 Å². The van der Waals surface area contributed by atoms with Gasteiger partial charge < -0.3 is 9.64 Å². The number of amides is 1. The number of aryl methyl sites for hydroxylation is 1. The minimum atomic E-state index is -2.90. The lowest BCUT2D eigenvalue weighted by molar-refractivity contribution is -0.140. The Hall–Kier alpha value is -3.20. The van der Waals surface area contributed by atoms with Crippen LogP contribution in [0.25, 0.3) is 11.0 Å². The van der Waals surface area contributed by atoms with Crippen molar-refractivity contribution in [3.05, 3.63) is 75.0 Å². The van der Waals surface area contributed by atoms with Gasteiger partial charge in [0.1, 0.15) is 17.1 Å². The van der Waals surface area contributed by atoms with Crippen LogP contribution in [-0.2, 0) is 28.6 Å². The predicted octanol–water partition coefficient (Wildman–Crippen LogP) is 5.23. The Morgan fingerprint density at radius 2 is 1.89 bits per heavy atom. The number of carbonyl (C=O) groups excluding carboxylic acids is 1. The van der Waals surface area contributed by atoms with E-state index >= 15 is 0 Å².